The molecule has 1 fully saturated rings. The number of rotatable bonds is 3. The number of benzene rings is 2. The van der Waals surface area contributed by atoms with Crippen molar-refractivity contribution in [1.82, 2.24) is 10.2 Å². The number of nitrogens with zero attached hydrogens (tertiary/aromatic N) is 1. The highest BCUT2D eigenvalue weighted by Crippen LogP contribution is 2.25. The molecule has 0 radical (unpaired) electrons. The Balaban J connectivity index is 1.67. The molecular formula is C20H24N2O2. The molecule has 126 valence electrons. The average molecular weight is 324 g/mol. The summed E-state index contributed by atoms with van der Waals surface area (Å²) >= 11 is 0. The van der Waals surface area contributed by atoms with Gasteiger partial charge in [-0.15, -0.1) is 0 Å². The van der Waals surface area contributed by atoms with Crippen LogP contribution in [0, 0.1) is 5.92 Å². The van der Waals surface area contributed by atoms with Crippen LogP contribution in [-0.4, -0.2) is 29.8 Å². The van der Waals surface area contributed by atoms with Gasteiger partial charge >= 0.3 is 0 Å². The average Bonchev–Trinajstić information content (AvgIpc) is 2.61. The quantitative estimate of drug-likeness (QED) is 0.942. The Morgan fingerprint density at radius 3 is 2.46 bits per heavy atom. The smallest absolute Gasteiger partial charge is 0.223 e. The van der Waals surface area contributed by atoms with Gasteiger partial charge in [-0.3, -0.25) is 9.59 Å². The second-order valence-electron chi connectivity index (χ2n) is 6.58. The summed E-state index contributed by atoms with van der Waals surface area (Å²) < 4.78 is 0. The van der Waals surface area contributed by atoms with Gasteiger partial charge in [-0.1, -0.05) is 42.5 Å². The monoisotopic (exact) mass is 324 g/mol. The lowest BCUT2D eigenvalue weighted by molar-refractivity contribution is -0.134. The van der Waals surface area contributed by atoms with Gasteiger partial charge in [0.1, 0.15) is 0 Å². The van der Waals surface area contributed by atoms with Gasteiger partial charge in [-0.2, -0.15) is 0 Å². The largest absolute Gasteiger partial charge is 0.349 e. The Bertz CT molecular complexity index is 743. The molecule has 2 amide bonds. The van der Waals surface area contributed by atoms with E-state index >= 15 is 0 Å². The molecule has 2 aromatic rings. The third-order valence-corrected chi connectivity index (χ3v) is 4.96. The second kappa shape index (κ2) is 7.04. The summed E-state index contributed by atoms with van der Waals surface area (Å²) in [6, 6.07) is 14.4. The van der Waals surface area contributed by atoms with Crippen LogP contribution in [0.1, 0.15) is 38.3 Å². The highest BCUT2D eigenvalue weighted by Gasteiger charge is 2.27. The Morgan fingerprint density at radius 1 is 1.08 bits per heavy atom. The molecule has 0 saturated carbocycles. The third-order valence-electron chi connectivity index (χ3n) is 4.96. The number of hydrogen-bond donors (Lipinski definition) is 1. The molecule has 1 aliphatic rings. The molecule has 0 aliphatic carbocycles. The van der Waals surface area contributed by atoms with E-state index in [1.54, 1.807) is 6.92 Å². The SMILES string of the molecule is CC(=O)N1CCC(C(=O)NC(C)c2cccc3ccccc23)CC1. The summed E-state index contributed by atoms with van der Waals surface area (Å²) in [6.45, 7) is 4.97. The van der Waals surface area contributed by atoms with Crippen LogP contribution in [0.3, 0.4) is 0 Å². The number of carbonyl (C=O) groups excluding carboxylic acids is 2. The first-order valence-electron chi connectivity index (χ1n) is 8.60. The maximum absolute atomic E-state index is 12.6. The summed E-state index contributed by atoms with van der Waals surface area (Å²) in [7, 11) is 0. The number of fused-ring (bicyclic) bond motifs is 1. The molecule has 1 atom stereocenters. The first kappa shape index (κ1) is 16.5. The fourth-order valence-electron chi connectivity index (χ4n) is 3.49. The molecule has 1 N–H and O–H groups in total. The molecule has 0 aromatic heterocycles. The van der Waals surface area contributed by atoms with E-state index in [4.69, 9.17) is 0 Å². The highest BCUT2D eigenvalue weighted by molar-refractivity contribution is 5.87. The Morgan fingerprint density at radius 2 is 1.75 bits per heavy atom. The number of piperidine rings is 1. The lowest BCUT2D eigenvalue weighted by Gasteiger charge is -2.31. The molecule has 2 aromatic carbocycles. The van der Waals surface area contributed by atoms with Crippen LogP contribution in [0.5, 0.6) is 0 Å². The lowest BCUT2D eigenvalue weighted by Crippen LogP contribution is -2.42. The van der Waals surface area contributed by atoms with Gasteiger partial charge in [0.15, 0.2) is 0 Å². The van der Waals surface area contributed by atoms with Crippen LogP contribution >= 0.6 is 0 Å². The molecule has 24 heavy (non-hydrogen) atoms. The number of hydrogen-bond acceptors (Lipinski definition) is 2. The Kier molecular flexibility index (Phi) is 4.84. The van der Waals surface area contributed by atoms with E-state index in [1.807, 2.05) is 30.0 Å². The molecule has 0 spiro atoms. The summed E-state index contributed by atoms with van der Waals surface area (Å²) in [6.07, 6.45) is 1.49. The fraction of sp³-hybridized carbons (Fsp3) is 0.400. The zero-order valence-electron chi connectivity index (χ0n) is 14.3. The second-order valence-corrected chi connectivity index (χ2v) is 6.58. The van der Waals surface area contributed by atoms with Crippen molar-refractivity contribution in [2.45, 2.75) is 32.7 Å². The highest BCUT2D eigenvalue weighted by atomic mass is 16.2. The van der Waals surface area contributed by atoms with Gasteiger partial charge < -0.3 is 10.2 Å². The summed E-state index contributed by atoms with van der Waals surface area (Å²) in [5.74, 6) is 0.189. The van der Waals surface area contributed by atoms with Gasteiger partial charge in [0.05, 0.1) is 6.04 Å². The molecule has 4 heteroatoms. The van der Waals surface area contributed by atoms with Crippen molar-refractivity contribution < 1.29 is 9.59 Å². The summed E-state index contributed by atoms with van der Waals surface area (Å²) in [5, 5.41) is 5.53. The fourth-order valence-corrected chi connectivity index (χ4v) is 3.49. The number of amides is 2. The van der Waals surface area contributed by atoms with Crippen molar-refractivity contribution in [2.24, 2.45) is 5.92 Å². The zero-order chi connectivity index (χ0) is 17.1. The van der Waals surface area contributed by atoms with Crippen LogP contribution in [-0.2, 0) is 9.59 Å². The standard InChI is InChI=1S/C20H24N2O2/c1-14(18-9-5-7-16-6-3-4-8-19(16)18)21-20(24)17-10-12-22(13-11-17)15(2)23/h3-9,14,17H,10-13H2,1-2H3,(H,21,24). The zero-order valence-corrected chi connectivity index (χ0v) is 14.3. The summed E-state index contributed by atoms with van der Waals surface area (Å²) in [5.41, 5.74) is 1.14. The van der Waals surface area contributed by atoms with E-state index < -0.39 is 0 Å². The van der Waals surface area contributed by atoms with E-state index in [0.717, 1.165) is 18.4 Å². The topological polar surface area (TPSA) is 49.4 Å². The van der Waals surface area contributed by atoms with E-state index in [-0.39, 0.29) is 23.8 Å². The van der Waals surface area contributed by atoms with E-state index in [0.29, 0.717) is 13.1 Å². The first-order chi connectivity index (χ1) is 11.6. The van der Waals surface area contributed by atoms with Crippen molar-refractivity contribution >= 4 is 22.6 Å². The van der Waals surface area contributed by atoms with Gasteiger partial charge in [0.25, 0.3) is 0 Å². The molecule has 1 heterocycles. The predicted octanol–water partition coefficient (Wildman–Crippen LogP) is 3.28. The van der Waals surface area contributed by atoms with Crippen molar-refractivity contribution in [1.29, 1.82) is 0 Å². The van der Waals surface area contributed by atoms with Gasteiger partial charge in [-0.05, 0) is 36.1 Å². The van der Waals surface area contributed by atoms with Crippen molar-refractivity contribution in [3.63, 3.8) is 0 Å². The van der Waals surface area contributed by atoms with Crippen LogP contribution < -0.4 is 5.32 Å². The molecule has 1 unspecified atom stereocenters. The minimum absolute atomic E-state index is 0.00183. The molecular weight excluding hydrogens is 300 g/mol. The minimum Gasteiger partial charge on any atom is -0.349 e. The number of carbonyl (C=O) groups is 2. The Hall–Kier alpha value is -2.36. The number of likely N-dealkylation sites (tertiary alicyclic amines) is 1. The third kappa shape index (κ3) is 3.42. The maximum Gasteiger partial charge on any atom is 0.223 e. The maximum atomic E-state index is 12.6. The van der Waals surface area contributed by atoms with Crippen LogP contribution in [0.2, 0.25) is 0 Å². The predicted molar refractivity (Wildman–Crippen MR) is 95.5 cm³/mol. The minimum atomic E-state index is -0.0329. The van der Waals surface area contributed by atoms with E-state index in [9.17, 15) is 9.59 Å². The lowest BCUT2D eigenvalue weighted by atomic mass is 9.94. The normalized spacial score (nSPS) is 16.8. The van der Waals surface area contributed by atoms with E-state index in [2.05, 4.69) is 29.6 Å². The van der Waals surface area contributed by atoms with Gasteiger partial charge in [-0.25, -0.2) is 0 Å². The molecule has 3 rings (SSSR count). The van der Waals surface area contributed by atoms with Crippen LogP contribution in [0.4, 0.5) is 0 Å². The van der Waals surface area contributed by atoms with Gasteiger partial charge in [0, 0.05) is 25.9 Å². The van der Waals surface area contributed by atoms with Crippen molar-refractivity contribution in [2.75, 3.05) is 13.1 Å². The van der Waals surface area contributed by atoms with E-state index in [1.165, 1.54) is 10.8 Å². The molecule has 4 nitrogen and oxygen atoms in total. The molecule has 0 bridgehead atoms. The van der Waals surface area contributed by atoms with Gasteiger partial charge in [0.2, 0.25) is 11.8 Å². The van der Waals surface area contributed by atoms with Crippen molar-refractivity contribution in [3.05, 3.63) is 48.0 Å². The molecule has 1 saturated heterocycles. The van der Waals surface area contributed by atoms with Crippen LogP contribution in [0.25, 0.3) is 10.8 Å². The first-order valence-corrected chi connectivity index (χ1v) is 8.60. The van der Waals surface area contributed by atoms with Crippen molar-refractivity contribution in [3.8, 4) is 0 Å². The summed E-state index contributed by atoms with van der Waals surface area (Å²) in [4.78, 5) is 25.8. The van der Waals surface area contributed by atoms with Crippen LogP contribution in [0.15, 0.2) is 42.5 Å². The Labute approximate surface area is 142 Å². The molecule has 1 aliphatic heterocycles. The number of nitrogens with one attached hydrogen (secondary N) is 1.